The van der Waals surface area contributed by atoms with E-state index in [0.717, 1.165) is 12.8 Å². The number of rotatable bonds is 3. The minimum absolute atomic E-state index is 0.191. The van der Waals surface area contributed by atoms with Crippen molar-refractivity contribution in [3.8, 4) is 0 Å². The molecule has 0 radical (unpaired) electrons. The molecule has 1 rings (SSSR count). The third-order valence-corrected chi connectivity index (χ3v) is 3.02. The molecule has 4 heteroatoms. The van der Waals surface area contributed by atoms with Crippen LogP contribution in [0.5, 0.6) is 0 Å². The Bertz CT molecular complexity index is 271. The number of alkyl carbamates (subject to hydrolysis) is 1. The second kappa shape index (κ2) is 6.41. The summed E-state index contributed by atoms with van der Waals surface area (Å²) in [5.41, 5.74) is -0.431. The summed E-state index contributed by atoms with van der Waals surface area (Å²) in [6, 6.07) is 0.998. The molecule has 0 bridgehead atoms. The third-order valence-electron chi connectivity index (χ3n) is 3.02. The predicted molar refractivity (Wildman–Crippen MR) is 73.7 cm³/mol. The monoisotopic (exact) mass is 256 g/mol. The van der Waals surface area contributed by atoms with Gasteiger partial charge in [0, 0.05) is 18.1 Å². The Morgan fingerprint density at radius 1 is 1.17 bits per heavy atom. The summed E-state index contributed by atoms with van der Waals surface area (Å²) in [4.78, 5) is 11.8. The number of carbonyl (C=O) groups is 1. The first-order valence-corrected chi connectivity index (χ1v) is 7.03. The molecule has 0 saturated heterocycles. The first-order chi connectivity index (χ1) is 8.28. The number of amides is 1. The molecule has 1 saturated carbocycles. The van der Waals surface area contributed by atoms with E-state index in [2.05, 4.69) is 24.5 Å². The normalized spacial score (nSPS) is 25.0. The van der Waals surface area contributed by atoms with Gasteiger partial charge in [0.1, 0.15) is 5.60 Å². The number of ether oxygens (including phenoxy) is 1. The van der Waals surface area contributed by atoms with Gasteiger partial charge in [0.25, 0.3) is 0 Å². The molecule has 0 unspecified atom stereocenters. The maximum atomic E-state index is 11.8. The zero-order chi connectivity index (χ0) is 13.8. The zero-order valence-corrected chi connectivity index (χ0v) is 12.4. The van der Waals surface area contributed by atoms with Crippen LogP contribution in [0.3, 0.4) is 0 Å². The molecule has 1 fully saturated rings. The van der Waals surface area contributed by atoms with Gasteiger partial charge in [-0.25, -0.2) is 4.79 Å². The summed E-state index contributed by atoms with van der Waals surface area (Å²) in [5.74, 6) is 0. The standard InChI is InChI=1S/C14H28N2O2/c1-10(2)15-11-8-6-7-9-12(11)16-13(17)18-14(3,4)5/h10-12,15H,6-9H2,1-5H3,(H,16,17)/t11-,12-/m0/s1. The van der Waals surface area contributed by atoms with Crippen molar-refractivity contribution >= 4 is 6.09 Å². The first kappa shape index (κ1) is 15.3. The topological polar surface area (TPSA) is 50.4 Å². The molecular formula is C14H28N2O2. The maximum Gasteiger partial charge on any atom is 0.407 e. The van der Waals surface area contributed by atoms with Gasteiger partial charge in [-0.2, -0.15) is 0 Å². The van der Waals surface area contributed by atoms with Gasteiger partial charge < -0.3 is 15.4 Å². The largest absolute Gasteiger partial charge is 0.444 e. The van der Waals surface area contributed by atoms with E-state index in [1.807, 2.05) is 20.8 Å². The van der Waals surface area contributed by atoms with Gasteiger partial charge in [-0.15, -0.1) is 0 Å². The van der Waals surface area contributed by atoms with Gasteiger partial charge in [-0.3, -0.25) is 0 Å². The van der Waals surface area contributed by atoms with E-state index >= 15 is 0 Å². The van der Waals surface area contributed by atoms with Crippen molar-refractivity contribution < 1.29 is 9.53 Å². The minimum Gasteiger partial charge on any atom is -0.444 e. The highest BCUT2D eigenvalue weighted by Gasteiger charge is 2.28. The Kier molecular flexibility index (Phi) is 5.45. The third kappa shape index (κ3) is 5.71. The number of hydrogen-bond donors (Lipinski definition) is 2. The Hall–Kier alpha value is -0.770. The molecule has 0 heterocycles. The van der Waals surface area contributed by atoms with Crippen molar-refractivity contribution in [1.82, 2.24) is 10.6 Å². The lowest BCUT2D eigenvalue weighted by Gasteiger charge is -2.34. The van der Waals surface area contributed by atoms with Crippen molar-refractivity contribution in [2.45, 2.75) is 84.0 Å². The van der Waals surface area contributed by atoms with Gasteiger partial charge in [-0.1, -0.05) is 26.7 Å². The smallest absolute Gasteiger partial charge is 0.407 e. The van der Waals surface area contributed by atoms with Crippen molar-refractivity contribution in [3.63, 3.8) is 0 Å². The van der Waals surface area contributed by atoms with E-state index in [4.69, 9.17) is 4.74 Å². The van der Waals surface area contributed by atoms with Gasteiger partial charge in [0.05, 0.1) is 0 Å². The fourth-order valence-corrected chi connectivity index (χ4v) is 2.39. The van der Waals surface area contributed by atoms with E-state index in [-0.39, 0.29) is 12.1 Å². The molecule has 1 amide bonds. The lowest BCUT2D eigenvalue weighted by Crippen LogP contribution is -2.54. The Balaban J connectivity index is 2.48. The lowest BCUT2D eigenvalue weighted by molar-refractivity contribution is 0.0477. The summed E-state index contributed by atoms with van der Waals surface area (Å²) in [7, 11) is 0. The molecule has 0 aromatic carbocycles. The van der Waals surface area contributed by atoms with Crippen molar-refractivity contribution in [3.05, 3.63) is 0 Å². The Labute approximate surface area is 111 Å². The highest BCUT2D eigenvalue weighted by Crippen LogP contribution is 2.19. The van der Waals surface area contributed by atoms with Crippen LogP contribution in [0.2, 0.25) is 0 Å². The highest BCUT2D eigenvalue weighted by atomic mass is 16.6. The van der Waals surface area contributed by atoms with E-state index < -0.39 is 5.60 Å². The van der Waals surface area contributed by atoms with Crippen LogP contribution in [0, 0.1) is 0 Å². The van der Waals surface area contributed by atoms with E-state index in [0.29, 0.717) is 12.1 Å². The molecule has 2 N–H and O–H groups in total. The zero-order valence-electron chi connectivity index (χ0n) is 12.4. The number of nitrogens with one attached hydrogen (secondary N) is 2. The predicted octanol–water partition coefficient (Wildman–Crippen LogP) is 2.82. The second-order valence-electron chi connectivity index (χ2n) is 6.47. The molecule has 1 aliphatic carbocycles. The van der Waals surface area contributed by atoms with E-state index in [1.54, 1.807) is 0 Å². The van der Waals surface area contributed by atoms with Crippen molar-refractivity contribution in [2.75, 3.05) is 0 Å². The number of hydrogen-bond acceptors (Lipinski definition) is 3. The van der Waals surface area contributed by atoms with Crippen LogP contribution in [0.25, 0.3) is 0 Å². The highest BCUT2D eigenvalue weighted by molar-refractivity contribution is 5.68. The van der Waals surface area contributed by atoms with Crippen molar-refractivity contribution in [2.24, 2.45) is 0 Å². The molecule has 0 aliphatic heterocycles. The van der Waals surface area contributed by atoms with Gasteiger partial charge in [0.15, 0.2) is 0 Å². The van der Waals surface area contributed by atoms with E-state index in [1.165, 1.54) is 12.8 Å². The molecule has 2 atom stereocenters. The average Bonchev–Trinajstić information content (AvgIpc) is 2.17. The number of carbonyl (C=O) groups excluding carboxylic acids is 1. The second-order valence-corrected chi connectivity index (χ2v) is 6.47. The summed E-state index contributed by atoms with van der Waals surface area (Å²) >= 11 is 0. The minimum atomic E-state index is -0.431. The summed E-state index contributed by atoms with van der Waals surface area (Å²) in [6.07, 6.45) is 4.26. The molecule has 0 spiro atoms. The van der Waals surface area contributed by atoms with Gasteiger partial charge in [-0.05, 0) is 33.6 Å². The Morgan fingerprint density at radius 3 is 2.22 bits per heavy atom. The quantitative estimate of drug-likeness (QED) is 0.816. The summed E-state index contributed by atoms with van der Waals surface area (Å²) in [6.45, 7) is 9.93. The SMILES string of the molecule is CC(C)N[C@H]1CCCC[C@@H]1NC(=O)OC(C)(C)C. The summed E-state index contributed by atoms with van der Waals surface area (Å²) < 4.78 is 5.32. The van der Waals surface area contributed by atoms with Crippen LogP contribution >= 0.6 is 0 Å². The Morgan fingerprint density at radius 2 is 1.72 bits per heavy atom. The molecule has 4 nitrogen and oxygen atoms in total. The van der Waals surface area contributed by atoms with E-state index in [9.17, 15) is 4.79 Å². The van der Waals surface area contributed by atoms with Crippen molar-refractivity contribution in [1.29, 1.82) is 0 Å². The molecule has 106 valence electrons. The maximum absolute atomic E-state index is 11.8. The fraction of sp³-hybridized carbons (Fsp3) is 0.929. The first-order valence-electron chi connectivity index (χ1n) is 7.03. The van der Waals surface area contributed by atoms with Crippen LogP contribution in [0.4, 0.5) is 4.79 Å². The molecule has 0 aromatic rings. The van der Waals surface area contributed by atoms with Crippen LogP contribution in [-0.2, 0) is 4.74 Å². The average molecular weight is 256 g/mol. The van der Waals surface area contributed by atoms with Crippen LogP contribution in [0.15, 0.2) is 0 Å². The molecule has 0 aromatic heterocycles. The summed E-state index contributed by atoms with van der Waals surface area (Å²) in [5, 5.41) is 6.54. The van der Waals surface area contributed by atoms with Crippen LogP contribution < -0.4 is 10.6 Å². The molecular weight excluding hydrogens is 228 g/mol. The van der Waals surface area contributed by atoms with Crippen LogP contribution in [0.1, 0.15) is 60.3 Å². The lowest BCUT2D eigenvalue weighted by atomic mass is 9.90. The van der Waals surface area contributed by atoms with Gasteiger partial charge >= 0.3 is 6.09 Å². The molecule has 18 heavy (non-hydrogen) atoms. The molecule has 1 aliphatic rings. The van der Waals surface area contributed by atoms with Gasteiger partial charge in [0.2, 0.25) is 0 Å². The van der Waals surface area contributed by atoms with Crippen LogP contribution in [-0.4, -0.2) is 29.8 Å². The fourth-order valence-electron chi connectivity index (χ4n) is 2.39.